The van der Waals surface area contributed by atoms with Crippen LogP contribution in [-0.2, 0) is 51.4 Å². The normalized spacial score (nSPS) is 16.8. The molecule has 0 saturated carbocycles. The second-order valence-corrected chi connectivity index (χ2v) is 11.1. The Labute approximate surface area is 220 Å². The number of benzene rings is 4. The Morgan fingerprint density at radius 1 is 0.459 bits per heavy atom. The van der Waals surface area contributed by atoms with Crippen LogP contribution in [0.2, 0.25) is 0 Å². The smallest absolute Gasteiger partial charge is 0.229 e. The summed E-state index contributed by atoms with van der Waals surface area (Å²) in [5.74, 6) is 0. The van der Waals surface area contributed by atoms with Crippen LogP contribution in [0.15, 0.2) is 84.9 Å². The lowest BCUT2D eigenvalue weighted by atomic mass is 9.95. The maximum atomic E-state index is 2.52. The first-order chi connectivity index (χ1) is 18.3. The maximum Gasteiger partial charge on any atom is 0.244 e. The molecule has 0 unspecified atom stereocenters. The Balaban J connectivity index is 1.21. The van der Waals surface area contributed by atoms with Crippen LogP contribution in [0.5, 0.6) is 0 Å². The lowest BCUT2D eigenvalue weighted by molar-refractivity contribution is -0.424. The van der Waals surface area contributed by atoms with Gasteiger partial charge in [-0.05, 0) is 108 Å². The van der Waals surface area contributed by atoms with Gasteiger partial charge < -0.3 is 0 Å². The molecule has 37 heavy (non-hydrogen) atoms. The van der Waals surface area contributed by atoms with E-state index < -0.39 is 0 Å². The molecule has 0 amide bonds. The third-order valence-corrected chi connectivity index (χ3v) is 8.60. The zero-order valence-corrected chi connectivity index (χ0v) is 21.6. The number of hydrogen-bond donors (Lipinski definition) is 0. The minimum atomic E-state index is 1.04. The molecule has 0 aromatic heterocycles. The first-order valence-corrected chi connectivity index (χ1v) is 14.0. The molecule has 1 aliphatic heterocycles. The van der Waals surface area contributed by atoms with Gasteiger partial charge in [-0.15, -0.1) is 0 Å². The standard InChI is InChI=1S/C35H35N2/c1-5-28-6-2-26(1)9-11-30-15-19-32(17-13-28)34(23-30)36-21-22-37(25-36)35-24-31-12-10-27-3-7-29(8-4-27)14-18-33(35)20-16-31/h1-8,15-16,19-20,23-25H,9-14,17-18,21-22H2/q+1. The molecule has 9 aliphatic rings. The highest BCUT2D eigenvalue weighted by Crippen LogP contribution is 2.30. The van der Waals surface area contributed by atoms with Crippen molar-refractivity contribution >= 4 is 17.7 Å². The summed E-state index contributed by atoms with van der Waals surface area (Å²) in [6, 6.07) is 33.0. The van der Waals surface area contributed by atoms with Crippen molar-refractivity contribution in [3.05, 3.63) is 129 Å². The van der Waals surface area contributed by atoms with Gasteiger partial charge in [-0.2, -0.15) is 0 Å². The summed E-state index contributed by atoms with van der Waals surface area (Å²) >= 11 is 0. The van der Waals surface area contributed by atoms with E-state index in [2.05, 4.69) is 101 Å². The van der Waals surface area contributed by atoms with E-state index in [0.29, 0.717) is 0 Å². The van der Waals surface area contributed by atoms with Crippen molar-refractivity contribution in [1.29, 1.82) is 0 Å². The van der Waals surface area contributed by atoms with Gasteiger partial charge in [0.2, 0.25) is 6.34 Å². The van der Waals surface area contributed by atoms with Crippen LogP contribution in [0.25, 0.3) is 0 Å². The number of hydrogen-bond acceptors (Lipinski definition) is 1. The summed E-state index contributed by atoms with van der Waals surface area (Å²) in [6.45, 7) is 2.07. The van der Waals surface area contributed by atoms with Gasteiger partial charge in [0.25, 0.3) is 0 Å². The molecular formula is C35H35N2+. The average Bonchev–Trinajstić information content (AvgIpc) is 3.42. The summed E-state index contributed by atoms with van der Waals surface area (Å²) in [7, 11) is 0. The SMILES string of the molecule is C1=[N+](c2cc3ccc2CCc2ccc(cc2)CC3)CCN1c1cc2ccc1CCc1ccc(cc1)CC2. The Morgan fingerprint density at radius 3 is 1.54 bits per heavy atom. The summed E-state index contributed by atoms with van der Waals surface area (Å²) in [5, 5.41) is 0. The average molecular weight is 484 g/mol. The largest absolute Gasteiger partial charge is 0.244 e. The second-order valence-electron chi connectivity index (χ2n) is 11.1. The molecule has 0 fully saturated rings. The van der Waals surface area contributed by atoms with Crippen molar-refractivity contribution in [3.63, 3.8) is 0 Å². The molecule has 4 aromatic rings. The maximum absolute atomic E-state index is 2.52. The summed E-state index contributed by atoms with van der Waals surface area (Å²) in [4.78, 5) is 2.52. The first kappa shape index (κ1) is 22.5. The van der Waals surface area contributed by atoms with Gasteiger partial charge in [0.05, 0.1) is 0 Å². The predicted molar refractivity (Wildman–Crippen MR) is 154 cm³/mol. The first-order valence-electron chi connectivity index (χ1n) is 14.0. The lowest BCUT2D eigenvalue weighted by Gasteiger charge is -2.16. The van der Waals surface area contributed by atoms with E-state index in [4.69, 9.17) is 0 Å². The highest BCUT2D eigenvalue weighted by atomic mass is 15.3. The Morgan fingerprint density at radius 2 is 0.919 bits per heavy atom. The van der Waals surface area contributed by atoms with Gasteiger partial charge >= 0.3 is 0 Å². The summed E-state index contributed by atoms with van der Waals surface area (Å²) in [5.41, 5.74) is 14.4. The molecule has 0 N–H and O–H groups in total. The lowest BCUT2D eigenvalue weighted by Crippen LogP contribution is -2.20. The van der Waals surface area contributed by atoms with E-state index in [1.165, 1.54) is 55.9 Å². The van der Waals surface area contributed by atoms with Crippen LogP contribution in [-0.4, -0.2) is 24.0 Å². The minimum absolute atomic E-state index is 1.04. The zero-order valence-electron chi connectivity index (χ0n) is 21.6. The molecular weight excluding hydrogens is 448 g/mol. The molecule has 0 radical (unpaired) electrons. The molecule has 0 spiro atoms. The fraction of sp³-hybridized carbons (Fsp3) is 0.286. The summed E-state index contributed by atoms with van der Waals surface area (Å²) < 4.78 is 2.52. The highest BCUT2D eigenvalue weighted by Gasteiger charge is 2.27. The van der Waals surface area contributed by atoms with Gasteiger partial charge in [0, 0.05) is 0 Å². The molecule has 8 aliphatic carbocycles. The molecule has 2 nitrogen and oxygen atoms in total. The van der Waals surface area contributed by atoms with E-state index in [9.17, 15) is 0 Å². The highest BCUT2D eigenvalue weighted by molar-refractivity contribution is 5.80. The van der Waals surface area contributed by atoms with Crippen molar-refractivity contribution in [2.24, 2.45) is 0 Å². The van der Waals surface area contributed by atoms with Crippen LogP contribution in [0.1, 0.15) is 44.5 Å². The van der Waals surface area contributed by atoms with Crippen molar-refractivity contribution < 1.29 is 4.58 Å². The fourth-order valence-electron chi connectivity index (χ4n) is 6.23. The van der Waals surface area contributed by atoms with Crippen LogP contribution in [0, 0.1) is 0 Å². The van der Waals surface area contributed by atoms with Gasteiger partial charge in [-0.3, -0.25) is 0 Å². The molecule has 2 heteroatoms. The topological polar surface area (TPSA) is 6.25 Å². The van der Waals surface area contributed by atoms with Crippen molar-refractivity contribution in [2.45, 2.75) is 51.4 Å². The van der Waals surface area contributed by atoms with Crippen LogP contribution >= 0.6 is 0 Å². The molecule has 0 saturated heterocycles. The Hall–Kier alpha value is -3.65. The molecule has 8 bridgehead atoms. The summed E-state index contributed by atoms with van der Waals surface area (Å²) in [6.07, 6.45) is 11.1. The molecule has 184 valence electrons. The van der Waals surface area contributed by atoms with Crippen molar-refractivity contribution in [3.8, 4) is 0 Å². The monoisotopic (exact) mass is 483 g/mol. The van der Waals surface area contributed by atoms with Crippen molar-refractivity contribution in [1.82, 2.24) is 0 Å². The van der Waals surface area contributed by atoms with Crippen LogP contribution in [0.3, 0.4) is 0 Å². The number of rotatable bonds is 2. The predicted octanol–water partition coefficient (Wildman–Crippen LogP) is 6.65. The number of aryl methyl sites for hydroxylation is 8. The van der Waals surface area contributed by atoms with Crippen LogP contribution < -0.4 is 4.90 Å². The number of anilines is 1. The fourth-order valence-corrected chi connectivity index (χ4v) is 6.23. The van der Waals surface area contributed by atoms with Crippen LogP contribution in [0.4, 0.5) is 11.4 Å². The Bertz CT molecular complexity index is 1460. The molecule has 1 heterocycles. The third-order valence-electron chi connectivity index (χ3n) is 8.60. The number of nitrogens with zero attached hydrogens (tertiary/aromatic N) is 2. The molecule has 0 atom stereocenters. The van der Waals surface area contributed by atoms with E-state index >= 15 is 0 Å². The van der Waals surface area contributed by atoms with E-state index in [0.717, 1.165) is 64.5 Å². The van der Waals surface area contributed by atoms with E-state index in [-0.39, 0.29) is 0 Å². The third kappa shape index (κ3) is 4.73. The van der Waals surface area contributed by atoms with Gasteiger partial charge in [0.1, 0.15) is 24.5 Å². The molecule has 4 aromatic carbocycles. The van der Waals surface area contributed by atoms with E-state index in [1.54, 1.807) is 0 Å². The minimum Gasteiger partial charge on any atom is -0.229 e. The van der Waals surface area contributed by atoms with E-state index in [1.807, 2.05) is 0 Å². The van der Waals surface area contributed by atoms with Gasteiger partial charge in [-0.25, -0.2) is 9.48 Å². The van der Waals surface area contributed by atoms with Crippen molar-refractivity contribution in [2.75, 3.05) is 18.0 Å². The zero-order chi connectivity index (χ0) is 24.6. The molecule has 13 rings (SSSR count). The van der Waals surface area contributed by atoms with Gasteiger partial charge in [-0.1, -0.05) is 72.8 Å². The quantitative estimate of drug-likeness (QED) is 0.290. The second kappa shape index (κ2) is 9.67. The Kier molecular flexibility index (Phi) is 5.89. The van der Waals surface area contributed by atoms with Gasteiger partial charge in [0.15, 0.2) is 0 Å².